The smallest absolute Gasteiger partial charge is 0.333 e. The van der Waals surface area contributed by atoms with E-state index in [2.05, 4.69) is 27.4 Å². The van der Waals surface area contributed by atoms with Crippen LogP contribution in [0.1, 0.15) is 46.5 Å². The Balaban J connectivity index is 3.60. The van der Waals surface area contributed by atoms with E-state index in [0.29, 0.717) is 18.1 Å². The first kappa shape index (κ1) is 13.2. The molecular weight excluding hydrogens is 176 g/mol. The summed E-state index contributed by atoms with van der Waals surface area (Å²) < 4.78 is 5.04. The van der Waals surface area contributed by atoms with Gasteiger partial charge in [-0.3, -0.25) is 0 Å². The number of ether oxygens (including phenoxy) is 1. The molecular formula is C12H22O2. The first-order valence-corrected chi connectivity index (χ1v) is 5.42. The number of hydrogen-bond acceptors (Lipinski definition) is 2. The maximum Gasteiger partial charge on any atom is 0.333 e. The Kier molecular flexibility index (Phi) is 7.17. The fourth-order valence-electron chi connectivity index (χ4n) is 0.976. The summed E-state index contributed by atoms with van der Waals surface area (Å²) in [4.78, 5) is 11.3. The number of carbonyl (C=O) groups excluding carboxylic acids is 1. The van der Waals surface area contributed by atoms with Crippen LogP contribution in [-0.2, 0) is 9.53 Å². The molecule has 82 valence electrons. The lowest BCUT2D eigenvalue weighted by Gasteiger charge is -2.07. The molecule has 0 aliphatic heterocycles. The number of hydrogen-bond donors (Lipinski definition) is 0. The van der Waals surface area contributed by atoms with Crippen molar-refractivity contribution in [3.8, 4) is 0 Å². The van der Waals surface area contributed by atoms with Crippen molar-refractivity contribution in [1.82, 2.24) is 0 Å². The van der Waals surface area contributed by atoms with Gasteiger partial charge in [-0.15, -0.1) is 0 Å². The quantitative estimate of drug-likeness (QED) is 0.356. The minimum absolute atomic E-state index is 0.223. The lowest BCUT2D eigenvalue weighted by Crippen LogP contribution is -2.08. The highest BCUT2D eigenvalue weighted by Crippen LogP contribution is 2.11. The third-order valence-corrected chi connectivity index (χ3v) is 2.04. The van der Waals surface area contributed by atoms with Crippen LogP contribution in [0.5, 0.6) is 0 Å². The molecule has 0 N–H and O–H groups in total. The van der Waals surface area contributed by atoms with E-state index in [1.165, 1.54) is 0 Å². The van der Waals surface area contributed by atoms with E-state index in [1.54, 1.807) is 0 Å². The average Bonchev–Trinajstić information content (AvgIpc) is 2.14. The predicted octanol–water partition coefficient (Wildman–Crippen LogP) is 3.32. The van der Waals surface area contributed by atoms with Gasteiger partial charge in [0.15, 0.2) is 0 Å². The molecule has 0 saturated carbocycles. The molecule has 0 unspecified atom stereocenters. The highest BCUT2D eigenvalue weighted by Gasteiger charge is 2.08. The van der Waals surface area contributed by atoms with Crippen LogP contribution in [-0.4, -0.2) is 12.6 Å². The molecule has 0 fully saturated rings. The lowest BCUT2D eigenvalue weighted by atomic mass is 10.0. The van der Waals surface area contributed by atoms with E-state index in [9.17, 15) is 4.79 Å². The molecule has 0 aliphatic rings. The average molecular weight is 198 g/mol. The summed E-state index contributed by atoms with van der Waals surface area (Å²) in [5.41, 5.74) is 0.606. The highest BCUT2D eigenvalue weighted by molar-refractivity contribution is 5.87. The van der Waals surface area contributed by atoms with Crippen molar-refractivity contribution in [2.24, 2.45) is 5.92 Å². The summed E-state index contributed by atoms with van der Waals surface area (Å²) in [6, 6.07) is 0. The van der Waals surface area contributed by atoms with Gasteiger partial charge in [-0.25, -0.2) is 4.79 Å². The zero-order valence-electron chi connectivity index (χ0n) is 9.64. The van der Waals surface area contributed by atoms with Crippen molar-refractivity contribution in [1.29, 1.82) is 0 Å². The monoisotopic (exact) mass is 198 g/mol. The largest absolute Gasteiger partial charge is 0.462 e. The second kappa shape index (κ2) is 7.60. The van der Waals surface area contributed by atoms with Crippen molar-refractivity contribution in [2.45, 2.75) is 46.5 Å². The molecule has 0 amide bonds. The summed E-state index contributed by atoms with van der Waals surface area (Å²) >= 11 is 0. The Labute approximate surface area is 87.3 Å². The Hall–Kier alpha value is -0.790. The van der Waals surface area contributed by atoms with Crippen LogP contribution in [0.3, 0.4) is 0 Å². The van der Waals surface area contributed by atoms with Crippen LogP contribution in [0.4, 0.5) is 0 Å². The zero-order chi connectivity index (χ0) is 11.0. The summed E-state index contributed by atoms with van der Waals surface area (Å²) in [5, 5.41) is 0. The third-order valence-electron chi connectivity index (χ3n) is 2.04. The van der Waals surface area contributed by atoms with Crippen molar-refractivity contribution in [2.75, 3.05) is 6.61 Å². The Bertz CT molecular complexity index is 183. The Morgan fingerprint density at radius 1 is 1.43 bits per heavy atom. The van der Waals surface area contributed by atoms with Gasteiger partial charge in [0.1, 0.15) is 0 Å². The summed E-state index contributed by atoms with van der Waals surface area (Å²) in [7, 11) is 0. The molecule has 14 heavy (non-hydrogen) atoms. The molecule has 0 rings (SSSR count). The Morgan fingerprint density at radius 2 is 2.07 bits per heavy atom. The van der Waals surface area contributed by atoms with Crippen molar-refractivity contribution < 1.29 is 9.53 Å². The minimum Gasteiger partial charge on any atom is -0.462 e. The van der Waals surface area contributed by atoms with Gasteiger partial charge >= 0.3 is 5.97 Å². The van der Waals surface area contributed by atoms with Gasteiger partial charge < -0.3 is 4.74 Å². The van der Waals surface area contributed by atoms with Gasteiger partial charge in [0.2, 0.25) is 0 Å². The first-order valence-electron chi connectivity index (χ1n) is 5.42. The van der Waals surface area contributed by atoms with Gasteiger partial charge in [0.05, 0.1) is 6.61 Å². The van der Waals surface area contributed by atoms with Gasteiger partial charge in [-0.1, -0.05) is 33.8 Å². The molecule has 0 aliphatic carbocycles. The molecule has 2 nitrogen and oxygen atoms in total. The predicted molar refractivity (Wildman–Crippen MR) is 59.1 cm³/mol. The van der Waals surface area contributed by atoms with Crippen LogP contribution < -0.4 is 0 Å². The first-order chi connectivity index (χ1) is 6.57. The molecule has 0 spiro atoms. The number of rotatable bonds is 7. The van der Waals surface area contributed by atoms with Crippen LogP contribution >= 0.6 is 0 Å². The second-order valence-electron chi connectivity index (χ2n) is 4.03. The second-order valence-corrected chi connectivity index (χ2v) is 4.03. The minimum atomic E-state index is -0.223. The van der Waals surface area contributed by atoms with Crippen molar-refractivity contribution in [3.63, 3.8) is 0 Å². The topological polar surface area (TPSA) is 26.3 Å². The van der Waals surface area contributed by atoms with E-state index < -0.39 is 0 Å². The molecule has 0 atom stereocenters. The summed E-state index contributed by atoms with van der Waals surface area (Å²) in [5.74, 6) is 0.384. The maximum absolute atomic E-state index is 11.3. The molecule has 0 aromatic heterocycles. The molecule has 0 bridgehead atoms. The number of carbonyl (C=O) groups is 1. The molecule has 2 heteroatoms. The molecule has 0 aromatic rings. The molecule has 0 heterocycles. The van der Waals surface area contributed by atoms with Gasteiger partial charge in [-0.05, 0) is 25.2 Å². The number of esters is 1. The molecule has 0 radical (unpaired) electrons. The SMILES string of the molecule is C=C(CCC(C)C)C(=O)OCCCC. The fourth-order valence-corrected chi connectivity index (χ4v) is 0.976. The Morgan fingerprint density at radius 3 is 2.57 bits per heavy atom. The van der Waals surface area contributed by atoms with Crippen LogP contribution in [0.2, 0.25) is 0 Å². The lowest BCUT2D eigenvalue weighted by molar-refractivity contribution is -0.139. The fraction of sp³-hybridized carbons (Fsp3) is 0.750. The standard InChI is InChI=1S/C12H22O2/c1-5-6-9-14-12(13)11(4)8-7-10(2)3/h10H,4-9H2,1-3H3. The van der Waals surface area contributed by atoms with E-state index in [4.69, 9.17) is 4.74 Å². The zero-order valence-corrected chi connectivity index (χ0v) is 9.64. The molecule has 0 aromatic carbocycles. The van der Waals surface area contributed by atoms with E-state index in [1.807, 2.05) is 0 Å². The summed E-state index contributed by atoms with van der Waals surface area (Å²) in [6.45, 7) is 10.6. The van der Waals surface area contributed by atoms with E-state index >= 15 is 0 Å². The van der Waals surface area contributed by atoms with Gasteiger partial charge in [0, 0.05) is 5.57 Å². The van der Waals surface area contributed by atoms with Crippen molar-refractivity contribution in [3.05, 3.63) is 12.2 Å². The third kappa shape index (κ3) is 6.70. The number of unbranched alkanes of at least 4 members (excludes halogenated alkanes) is 1. The molecule has 0 saturated heterocycles. The normalized spacial score (nSPS) is 10.3. The highest BCUT2D eigenvalue weighted by atomic mass is 16.5. The van der Waals surface area contributed by atoms with E-state index in [0.717, 1.165) is 25.7 Å². The van der Waals surface area contributed by atoms with Crippen LogP contribution in [0.25, 0.3) is 0 Å². The van der Waals surface area contributed by atoms with Crippen molar-refractivity contribution >= 4 is 5.97 Å². The summed E-state index contributed by atoms with van der Waals surface area (Å²) in [6.07, 6.45) is 3.74. The van der Waals surface area contributed by atoms with Crippen LogP contribution in [0, 0.1) is 5.92 Å². The van der Waals surface area contributed by atoms with Gasteiger partial charge in [0.25, 0.3) is 0 Å². The van der Waals surface area contributed by atoms with Crippen LogP contribution in [0.15, 0.2) is 12.2 Å². The maximum atomic E-state index is 11.3. The van der Waals surface area contributed by atoms with E-state index in [-0.39, 0.29) is 5.97 Å². The van der Waals surface area contributed by atoms with Gasteiger partial charge in [-0.2, -0.15) is 0 Å².